The van der Waals surface area contributed by atoms with E-state index in [4.69, 9.17) is 42.6 Å². The highest BCUT2D eigenvalue weighted by Crippen LogP contribution is 2.44. The second-order valence-corrected chi connectivity index (χ2v) is 20.2. The van der Waals surface area contributed by atoms with Crippen LogP contribution in [0.5, 0.6) is 0 Å². The van der Waals surface area contributed by atoms with E-state index in [1.165, 1.54) is 69.8 Å². The molecule has 0 radical (unpaired) electrons. The smallest absolute Gasteiger partial charge is 0.410 e. The Kier molecular flexibility index (Phi) is 16.6. The molecule has 4 aliphatic heterocycles. The maximum Gasteiger partial charge on any atom is 0.410 e. The summed E-state index contributed by atoms with van der Waals surface area (Å²) in [6.45, 7) is 28.4. The molecule has 0 saturated carbocycles. The Labute approximate surface area is 357 Å². The highest BCUT2D eigenvalue weighted by molar-refractivity contribution is 5.69. The second kappa shape index (κ2) is 20.3. The van der Waals surface area contributed by atoms with E-state index in [0.29, 0.717) is 19.8 Å². The minimum Gasteiger partial charge on any atom is -0.444 e. The summed E-state index contributed by atoms with van der Waals surface area (Å²) >= 11 is 0. The average molecular weight is 835 g/mol. The van der Waals surface area contributed by atoms with Crippen molar-refractivity contribution >= 4 is 6.09 Å². The summed E-state index contributed by atoms with van der Waals surface area (Å²) in [6.07, 6.45) is 17.6. The van der Waals surface area contributed by atoms with Gasteiger partial charge in [0.1, 0.15) is 42.2 Å². The van der Waals surface area contributed by atoms with Crippen molar-refractivity contribution in [1.29, 1.82) is 0 Å². The second-order valence-electron chi connectivity index (χ2n) is 20.2. The molecule has 0 spiro atoms. The molecule has 8 atom stereocenters. The molecule has 12 heteroatoms. The molecule has 340 valence electrons. The third-order valence-electron chi connectivity index (χ3n) is 11.8. The molecule has 4 fully saturated rings. The number of nitrogens with zero attached hydrogens (tertiary/aromatic N) is 1. The van der Waals surface area contributed by atoms with Crippen LogP contribution in [0.3, 0.4) is 0 Å². The van der Waals surface area contributed by atoms with Gasteiger partial charge in [0, 0.05) is 6.54 Å². The molecule has 2 unspecified atom stereocenters. The van der Waals surface area contributed by atoms with Crippen LogP contribution in [-0.4, -0.2) is 115 Å². The molecule has 0 aromatic rings. The highest BCUT2D eigenvalue weighted by Gasteiger charge is 2.57. The van der Waals surface area contributed by atoms with Gasteiger partial charge in [0.15, 0.2) is 23.1 Å². The predicted octanol–water partition coefficient (Wildman–Crippen LogP) is 9.48. The first-order valence-corrected chi connectivity index (χ1v) is 23.1. The minimum atomic E-state index is -0.761. The molecule has 1 N–H and O–H groups in total. The summed E-state index contributed by atoms with van der Waals surface area (Å²) in [5, 5.41) is 3.68. The van der Waals surface area contributed by atoms with E-state index in [2.05, 4.69) is 31.3 Å². The lowest BCUT2D eigenvalue weighted by Crippen LogP contribution is -2.59. The Hall–Kier alpha value is -1.61. The number of ether oxygens (including phenoxy) is 9. The number of amides is 1. The van der Waals surface area contributed by atoms with E-state index < -0.39 is 28.7 Å². The summed E-state index contributed by atoms with van der Waals surface area (Å²) in [4.78, 5) is 15.2. The van der Waals surface area contributed by atoms with Gasteiger partial charge in [-0.15, -0.1) is 0 Å². The first-order chi connectivity index (χ1) is 27.6. The Bertz CT molecular complexity index is 1420. The standard InChI is InChI=1S/C26H45NO6.C21H37NO4/c1-9-10-11-12-13-14-15-27(23(28)33-24(2,3)4)19-16-18-17-29-25(5,6)30-20(18)22-21(19)31-26(7,8)32-22;1-6-7-8-9-10-11-12-22-16-13-15-14-23-20(2,3)24-17(15)19-18(16)25-21(4,5)26-19/h16,19-22H,9-15,17H2,1-8H3;13,16-19,22H,6-12,14H2,1-5H3/t19-,20+,21-,22?;16-,17+,18-,19?/m11/s1. The predicted molar refractivity (Wildman–Crippen MR) is 229 cm³/mol. The molecule has 6 rings (SSSR count). The van der Waals surface area contributed by atoms with Crippen LogP contribution in [0, 0.1) is 0 Å². The number of carbonyl (C=O) groups is 1. The van der Waals surface area contributed by atoms with E-state index >= 15 is 0 Å². The Morgan fingerprint density at radius 1 is 0.627 bits per heavy atom. The van der Waals surface area contributed by atoms with E-state index in [0.717, 1.165) is 25.0 Å². The highest BCUT2D eigenvalue weighted by atomic mass is 16.8. The van der Waals surface area contributed by atoms with Gasteiger partial charge in [-0.25, -0.2) is 4.79 Å². The third kappa shape index (κ3) is 13.7. The van der Waals surface area contributed by atoms with Crippen molar-refractivity contribution in [3.63, 3.8) is 0 Å². The lowest BCUT2D eigenvalue weighted by atomic mass is 9.86. The molecule has 0 aromatic carbocycles. The van der Waals surface area contributed by atoms with Crippen LogP contribution in [0.2, 0.25) is 0 Å². The van der Waals surface area contributed by atoms with Crippen molar-refractivity contribution in [1.82, 2.24) is 10.2 Å². The van der Waals surface area contributed by atoms with Crippen LogP contribution in [0.15, 0.2) is 23.3 Å². The van der Waals surface area contributed by atoms with Gasteiger partial charge in [0.2, 0.25) is 0 Å². The van der Waals surface area contributed by atoms with Crippen LogP contribution in [-0.2, 0) is 42.6 Å². The molecule has 1 amide bonds. The number of nitrogens with one attached hydrogen (secondary N) is 1. The molecular weight excluding hydrogens is 753 g/mol. The zero-order valence-electron chi connectivity index (χ0n) is 39.1. The fourth-order valence-corrected chi connectivity index (χ4v) is 9.00. The average Bonchev–Trinajstić information content (AvgIpc) is 3.65. The first kappa shape index (κ1) is 48.4. The van der Waals surface area contributed by atoms with Crippen LogP contribution in [0.1, 0.15) is 167 Å². The van der Waals surface area contributed by atoms with Gasteiger partial charge >= 0.3 is 6.09 Å². The molecule has 59 heavy (non-hydrogen) atoms. The van der Waals surface area contributed by atoms with Gasteiger partial charge in [0.25, 0.3) is 0 Å². The molecule has 2 aliphatic carbocycles. The van der Waals surface area contributed by atoms with Crippen molar-refractivity contribution in [3.05, 3.63) is 23.3 Å². The van der Waals surface area contributed by atoms with Gasteiger partial charge in [-0.2, -0.15) is 0 Å². The number of hydrogen-bond acceptors (Lipinski definition) is 11. The molecule has 12 nitrogen and oxygen atoms in total. The maximum atomic E-state index is 13.4. The molecular formula is C47H82N2O10. The monoisotopic (exact) mass is 835 g/mol. The van der Waals surface area contributed by atoms with Gasteiger partial charge in [-0.1, -0.05) is 90.2 Å². The molecule has 0 aromatic heterocycles. The third-order valence-corrected chi connectivity index (χ3v) is 11.8. The van der Waals surface area contributed by atoms with Crippen LogP contribution >= 0.6 is 0 Å². The van der Waals surface area contributed by atoms with Crippen molar-refractivity contribution < 1.29 is 47.4 Å². The van der Waals surface area contributed by atoms with Crippen molar-refractivity contribution in [3.8, 4) is 0 Å². The van der Waals surface area contributed by atoms with Crippen LogP contribution in [0.25, 0.3) is 0 Å². The molecule has 6 aliphatic rings. The zero-order chi connectivity index (χ0) is 43.2. The number of rotatable bonds is 16. The van der Waals surface area contributed by atoms with Crippen molar-refractivity contribution in [2.45, 2.75) is 245 Å². The lowest BCUT2D eigenvalue weighted by Gasteiger charge is -2.46. The zero-order valence-corrected chi connectivity index (χ0v) is 39.1. The van der Waals surface area contributed by atoms with Crippen molar-refractivity contribution in [2.24, 2.45) is 0 Å². The van der Waals surface area contributed by atoms with Gasteiger partial charge in [-0.3, -0.25) is 4.90 Å². The molecule has 4 saturated heterocycles. The quantitative estimate of drug-likeness (QED) is 0.118. The Morgan fingerprint density at radius 2 is 1.08 bits per heavy atom. The molecule has 0 bridgehead atoms. The van der Waals surface area contributed by atoms with E-state index in [-0.39, 0.29) is 54.8 Å². The topological polar surface area (TPSA) is 115 Å². The van der Waals surface area contributed by atoms with Gasteiger partial charge in [0.05, 0.1) is 25.3 Å². The van der Waals surface area contributed by atoms with Gasteiger partial charge in [-0.05, 0) is 107 Å². The maximum absolute atomic E-state index is 13.4. The minimum absolute atomic E-state index is 0.0206. The number of unbranched alkanes of at least 4 members (excludes halogenated alkanes) is 10. The number of fused-ring (bicyclic) bond motifs is 6. The Balaban J connectivity index is 0.000000230. The molecule has 4 heterocycles. The summed E-state index contributed by atoms with van der Waals surface area (Å²) in [6, 6.07) is -0.154. The number of hydrogen-bond donors (Lipinski definition) is 1. The van der Waals surface area contributed by atoms with Gasteiger partial charge < -0.3 is 47.9 Å². The largest absolute Gasteiger partial charge is 0.444 e. The van der Waals surface area contributed by atoms with Crippen LogP contribution in [0.4, 0.5) is 4.79 Å². The fourth-order valence-electron chi connectivity index (χ4n) is 9.00. The fraction of sp³-hybridized carbons (Fsp3) is 0.894. The Morgan fingerprint density at radius 3 is 1.63 bits per heavy atom. The SMILES string of the molecule is CCCCCCCCN(C(=O)OC(C)(C)C)[C@@H]1C=C2COC(C)(C)O[C@@H]2C2OC(C)(C)O[C@@H]21.CCCCCCCCN[C@@H]1C=C2COC(C)(C)O[C@@H]2C2OC(C)(C)O[C@@H]21. The normalized spacial score (nSPS) is 32.3. The first-order valence-electron chi connectivity index (χ1n) is 23.1. The van der Waals surface area contributed by atoms with E-state index in [9.17, 15) is 4.79 Å². The summed E-state index contributed by atoms with van der Waals surface area (Å²) in [7, 11) is 0. The summed E-state index contributed by atoms with van der Waals surface area (Å²) < 4.78 is 55.2. The van der Waals surface area contributed by atoms with Crippen LogP contribution < -0.4 is 5.32 Å². The number of carbonyl (C=O) groups excluding carboxylic acids is 1. The van der Waals surface area contributed by atoms with Crippen molar-refractivity contribution in [2.75, 3.05) is 26.3 Å². The summed E-state index contributed by atoms with van der Waals surface area (Å²) in [5.74, 6) is -2.62. The van der Waals surface area contributed by atoms with E-state index in [1.807, 2.05) is 81.1 Å². The van der Waals surface area contributed by atoms with E-state index in [1.54, 1.807) is 0 Å². The lowest BCUT2D eigenvalue weighted by molar-refractivity contribution is -0.274. The summed E-state index contributed by atoms with van der Waals surface area (Å²) in [5.41, 5.74) is 1.60.